The second-order valence-electron chi connectivity index (χ2n) is 10.7. The van der Waals surface area contributed by atoms with Gasteiger partial charge in [-0.15, -0.1) is 12.4 Å². The molecule has 0 aliphatic carbocycles. The number of hydrogen-bond donors (Lipinski definition) is 2. The highest BCUT2D eigenvalue weighted by Gasteiger charge is 2.43. The smallest absolute Gasteiger partial charge is 0.252 e. The molecule has 10 nitrogen and oxygen atoms in total. The first-order valence-corrected chi connectivity index (χ1v) is 15.8. The van der Waals surface area contributed by atoms with Crippen LogP contribution >= 0.6 is 12.4 Å². The average Bonchev–Trinajstić information content (AvgIpc) is 3.01. The van der Waals surface area contributed by atoms with Crippen molar-refractivity contribution in [1.29, 1.82) is 5.26 Å². The summed E-state index contributed by atoms with van der Waals surface area (Å²) in [6.07, 6.45) is 0.956. The first-order valence-electron chi connectivity index (χ1n) is 13.7. The molecule has 3 atom stereocenters. The van der Waals surface area contributed by atoms with Crippen molar-refractivity contribution in [3.63, 3.8) is 0 Å². The number of aryl methyl sites for hydroxylation is 1. The minimum absolute atomic E-state index is 0. The van der Waals surface area contributed by atoms with E-state index in [4.69, 9.17) is 0 Å². The normalized spacial score (nSPS) is 17.3. The van der Waals surface area contributed by atoms with Gasteiger partial charge in [0.05, 0.1) is 41.6 Å². The average molecular weight is 626 g/mol. The molecule has 0 unspecified atom stereocenters. The SMILES string of the molecule is CCN[C@@H](C)C(=O)N[C@@H]1C(=O)N(Cc2c(C)ccc3ccccc23)c2ccc(C#N)cc2N(C(=O)CS(C)(=O)=O)[C@H]1C.Cl. The molecule has 0 saturated carbocycles. The molecule has 0 radical (unpaired) electrons. The maximum Gasteiger partial charge on any atom is 0.252 e. The van der Waals surface area contributed by atoms with Crippen LogP contribution < -0.4 is 20.4 Å². The topological polar surface area (TPSA) is 140 Å². The molecule has 3 aromatic rings. The molecule has 0 saturated heterocycles. The lowest BCUT2D eigenvalue weighted by Crippen LogP contribution is -2.60. The van der Waals surface area contributed by atoms with Gasteiger partial charge in [0, 0.05) is 6.26 Å². The Bertz CT molecular complexity index is 1700. The third-order valence-electron chi connectivity index (χ3n) is 7.52. The minimum atomic E-state index is -3.75. The third kappa shape index (κ3) is 7.16. The number of nitrogens with one attached hydrogen (secondary N) is 2. The van der Waals surface area contributed by atoms with Gasteiger partial charge < -0.3 is 20.4 Å². The Morgan fingerprint density at radius 2 is 1.79 bits per heavy atom. The number of fused-ring (bicyclic) bond motifs is 2. The van der Waals surface area contributed by atoms with Gasteiger partial charge in [-0.1, -0.05) is 43.3 Å². The molecule has 0 spiro atoms. The van der Waals surface area contributed by atoms with Crippen molar-refractivity contribution in [2.45, 2.75) is 52.4 Å². The minimum Gasteiger partial charge on any atom is -0.341 e. The Morgan fingerprint density at radius 3 is 2.44 bits per heavy atom. The number of nitriles is 1. The van der Waals surface area contributed by atoms with Gasteiger partial charge in [-0.2, -0.15) is 5.26 Å². The first kappa shape index (κ1) is 33.5. The van der Waals surface area contributed by atoms with E-state index >= 15 is 0 Å². The molecule has 228 valence electrons. The quantitative estimate of drug-likeness (QED) is 0.392. The number of carbonyl (C=O) groups excluding carboxylic acids is 3. The second-order valence-corrected chi connectivity index (χ2v) is 12.8. The van der Waals surface area contributed by atoms with E-state index in [-0.39, 0.29) is 30.2 Å². The fourth-order valence-electron chi connectivity index (χ4n) is 5.37. The van der Waals surface area contributed by atoms with Crippen LogP contribution in [0.4, 0.5) is 11.4 Å². The van der Waals surface area contributed by atoms with Crippen molar-refractivity contribution in [3.8, 4) is 6.07 Å². The number of nitrogens with zero attached hydrogens (tertiary/aromatic N) is 3. The predicted molar refractivity (Wildman–Crippen MR) is 170 cm³/mol. The summed E-state index contributed by atoms with van der Waals surface area (Å²) in [5.41, 5.74) is 2.61. The van der Waals surface area contributed by atoms with Gasteiger partial charge >= 0.3 is 0 Å². The molecule has 4 rings (SSSR count). The summed E-state index contributed by atoms with van der Waals surface area (Å²) in [5, 5.41) is 17.5. The second kappa shape index (κ2) is 13.5. The number of rotatable bonds is 8. The van der Waals surface area contributed by atoms with Crippen LogP contribution in [0.25, 0.3) is 10.8 Å². The van der Waals surface area contributed by atoms with E-state index < -0.39 is 51.4 Å². The first-order chi connectivity index (χ1) is 19.9. The highest BCUT2D eigenvalue weighted by Crippen LogP contribution is 2.38. The van der Waals surface area contributed by atoms with Crippen molar-refractivity contribution in [2.75, 3.05) is 28.4 Å². The van der Waals surface area contributed by atoms with Crippen LogP contribution in [0, 0.1) is 18.3 Å². The largest absolute Gasteiger partial charge is 0.341 e. The molecule has 3 amide bonds. The van der Waals surface area contributed by atoms with Gasteiger partial charge in [0.1, 0.15) is 11.8 Å². The van der Waals surface area contributed by atoms with Crippen LogP contribution in [0.1, 0.15) is 37.5 Å². The van der Waals surface area contributed by atoms with E-state index in [1.807, 2.05) is 50.2 Å². The molecule has 2 N–H and O–H groups in total. The summed E-state index contributed by atoms with van der Waals surface area (Å²) in [6, 6.07) is 15.6. The Morgan fingerprint density at radius 1 is 1.09 bits per heavy atom. The summed E-state index contributed by atoms with van der Waals surface area (Å²) in [5.74, 6) is -2.48. The highest BCUT2D eigenvalue weighted by molar-refractivity contribution is 7.91. The summed E-state index contributed by atoms with van der Waals surface area (Å²) in [4.78, 5) is 44.0. The van der Waals surface area contributed by atoms with Crippen molar-refractivity contribution >= 4 is 62.1 Å². The molecular weight excluding hydrogens is 590 g/mol. The lowest BCUT2D eigenvalue weighted by Gasteiger charge is -2.32. The van der Waals surface area contributed by atoms with Crippen LogP contribution in [0.5, 0.6) is 0 Å². The number of amides is 3. The van der Waals surface area contributed by atoms with Crippen molar-refractivity contribution in [3.05, 3.63) is 71.3 Å². The van der Waals surface area contributed by atoms with Gasteiger partial charge in [0.2, 0.25) is 11.8 Å². The fraction of sp³-hybridized carbons (Fsp3) is 0.355. The van der Waals surface area contributed by atoms with E-state index in [0.717, 1.165) is 28.2 Å². The predicted octanol–water partition coefficient (Wildman–Crippen LogP) is 3.24. The molecule has 1 aliphatic heterocycles. The molecule has 43 heavy (non-hydrogen) atoms. The number of likely N-dealkylation sites (N-methyl/N-ethyl adjacent to an activating group) is 1. The Hall–Kier alpha value is -3.98. The molecule has 0 bridgehead atoms. The van der Waals surface area contributed by atoms with Gasteiger partial charge in [0.25, 0.3) is 5.91 Å². The maximum absolute atomic E-state index is 14.5. The number of benzene rings is 3. The highest BCUT2D eigenvalue weighted by atomic mass is 35.5. The van der Waals surface area contributed by atoms with Crippen LogP contribution in [-0.2, 0) is 30.8 Å². The lowest BCUT2D eigenvalue weighted by molar-refractivity contribution is -0.129. The number of sulfone groups is 1. The molecule has 12 heteroatoms. The molecule has 1 aliphatic rings. The summed E-state index contributed by atoms with van der Waals surface area (Å²) >= 11 is 0. The maximum atomic E-state index is 14.5. The monoisotopic (exact) mass is 625 g/mol. The van der Waals surface area contributed by atoms with E-state index in [1.165, 1.54) is 15.9 Å². The fourth-order valence-corrected chi connectivity index (χ4v) is 5.95. The Labute approximate surface area is 258 Å². The van der Waals surface area contributed by atoms with Crippen molar-refractivity contribution < 1.29 is 22.8 Å². The zero-order valence-electron chi connectivity index (χ0n) is 24.7. The summed E-state index contributed by atoms with van der Waals surface area (Å²) in [6.45, 7) is 7.70. The molecule has 3 aromatic carbocycles. The molecular formula is C31H36ClN5O5S. The van der Waals surface area contributed by atoms with Crippen LogP contribution in [0.2, 0.25) is 0 Å². The summed E-state index contributed by atoms with van der Waals surface area (Å²) < 4.78 is 24.4. The van der Waals surface area contributed by atoms with Crippen molar-refractivity contribution in [1.82, 2.24) is 10.6 Å². The van der Waals surface area contributed by atoms with Crippen LogP contribution in [-0.4, -0.2) is 62.8 Å². The number of halogens is 1. The zero-order chi connectivity index (χ0) is 30.8. The van der Waals surface area contributed by atoms with Gasteiger partial charge in [-0.05, 0) is 67.4 Å². The van der Waals surface area contributed by atoms with Crippen LogP contribution in [0.3, 0.4) is 0 Å². The zero-order valence-corrected chi connectivity index (χ0v) is 26.4. The Kier molecular flexibility index (Phi) is 10.6. The van der Waals surface area contributed by atoms with E-state index in [9.17, 15) is 28.1 Å². The Balaban J connectivity index is 0.00000506. The van der Waals surface area contributed by atoms with E-state index in [1.54, 1.807) is 26.0 Å². The number of hydrogen-bond acceptors (Lipinski definition) is 7. The lowest BCUT2D eigenvalue weighted by atomic mass is 9.98. The molecule has 1 heterocycles. The molecule has 0 fully saturated rings. The van der Waals surface area contributed by atoms with E-state index in [0.29, 0.717) is 12.2 Å². The standard InChI is InChI=1S/C31H35N5O5S.ClH/c1-6-33-20(3)30(38)34-29-21(4)36(28(37)18-42(5,40)41)27-15-22(16-32)12-14-26(27)35(31(29)39)17-25-19(2)11-13-23-9-7-8-10-24(23)25;/h7-15,20-21,29,33H,6,17-18H2,1-5H3,(H,34,38);1H/t20-,21-,29-;/m0./s1. The van der Waals surface area contributed by atoms with Gasteiger partial charge in [-0.3, -0.25) is 14.4 Å². The number of carbonyl (C=O) groups is 3. The van der Waals surface area contributed by atoms with Crippen LogP contribution in [0.15, 0.2) is 54.6 Å². The van der Waals surface area contributed by atoms with Crippen molar-refractivity contribution in [2.24, 2.45) is 0 Å². The third-order valence-corrected chi connectivity index (χ3v) is 8.29. The molecule has 0 aromatic heterocycles. The van der Waals surface area contributed by atoms with Gasteiger partial charge in [-0.25, -0.2) is 8.42 Å². The van der Waals surface area contributed by atoms with Gasteiger partial charge in [0.15, 0.2) is 9.84 Å². The summed E-state index contributed by atoms with van der Waals surface area (Å²) in [7, 11) is -3.75. The number of anilines is 2. The van der Waals surface area contributed by atoms with E-state index in [2.05, 4.69) is 16.7 Å².